The van der Waals surface area contributed by atoms with Crippen LogP contribution in [0.15, 0.2) is 84.9 Å². The molecule has 3 aromatic carbocycles. The van der Waals surface area contributed by atoms with Gasteiger partial charge in [0, 0.05) is 5.41 Å². The lowest BCUT2D eigenvalue weighted by Crippen LogP contribution is -2.30. The number of benzene rings is 3. The van der Waals surface area contributed by atoms with E-state index in [1.54, 1.807) is 6.07 Å². The number of fused-ring (bicyclic) bond motifs is 1. The van der Waals surface area contributed by atoms with E-state index in [0.29, 0.717) is 12.0 Å². The molecule has 0 saturated carbocycles. The zero-order valence-electron chi connectivity index (χ0n) is 14.0. The maximum atomic E-state index is 13.3. The molecule has 1 aliphatic rings. The predicted molar refractivity (Wildman–Crippen MR) is 97.8 cm³/mol. The maximum Gasteiger partial charge on any atom is 0.416 e. The van der Waals surface area contributed by atoms with Gasteiger partial charge in [0.05, 0.1) is 5.56 Å². The number of rotatable bonds is 2. The number of halogens is 3. The molecular weight excluding hydrogens is 333 g/mol. The number of allylic oxidation sites excluding steroid dienone is 1. The first-order chi connectivity index (χ1) is 12.5. The summed E-state index contributed by atoms with van der Waals surface area (Å²) in [6, 6.07) is 23.5. The van der Waals surface area contributed by atoms with Crippen LogP contribution in [0.1, 0.15) is 27.8 Å². The quantitative estimate of drug-likeness (QED) is 0.512. The molecule has 0 aromatic heterocycles. The third-order valence-corrected chi connectivity index (χ3v) is 5.07. The van der Waals surface area contributed by atoms with Crippen LogP contribution < -0.4 is 0 Å². The lowest BCUT2D eigenvalue weighted by Gasteiger charge is -2.36. The highest BCUT2D eigenvalue weighted by molar-refractivity contribution is 5.64. The second-order valence-corrected chi connectivity index (χ2v) is 6.62. The summed E-state index contributed by atoms with van der Waals surface area (Å²) >= 11 is 0. The van der Waals surface area contributed by atoms with Crippen LogP contribution in [0.5, 0.6) is 0 Å². The van der Waals surface area contributed by atoms with Gasteiger partial charge in [-0.05, 0) is 34.7 Å². The Balaban J connectivity index is 1.92. The minimum Gasteiger partial charge on any atom is -0.166 e. The van der Waals surface area contributed by atoms with Crippen LogP contribution in [-0.4, -0.2) is 0 Å². The van der Waals surface area contributed by atoms with Crippen molar-refractivity contribution in [2.45, 2.75) is 18.0 Å². The molecule has 0 radical (unpaired) electrons. The molecule has 3 heteroatoms. The molecule has 130 valence electrons. The molecule has 3 aromatic rings. The molecule has 0 fully saturated rings. The highest BCUT2D eigenvalue weighted by Crippen LogP contribution is 2.43. The topological polar surface area (TPSA) is 0 Å². The van der Waals surface area contributed by atoms with Crippen molar-refractivity contribution in [2.75, 3.05) is 0 Å². The third kappa shape index (κ3) is 2.84. The van der Waals surface area contributed by atoms with Gasteiger partial charge in [-0.1, -0.05) is 84.9 Å². The Morgan fingerprint density at radius 1 is 0.731 bits per heavy atom. The van der Waals surface area contributed by atoms with Crippen molar-refractivity contribution in [2.24, 2.45) is 0 Å². The summed E-state index contributed by atoms with van der Waals surface area (Å²) in [4.78, 5) is 0. The Morgan fingerprint density at radius 3 is 2.19 bits per heavy atom. The fourth-order valence-corrected chi connectivity index (χ4v) is 3.72. The predicted octanol–water partition coefficient (Wildman–Crippen LogP) is 6.26. The minimum atomic E-state index is -4.36. The van der Waals surface area contributed by atoms with E-state index in [9.17, 15) is 13.2 Å². The zero-order chi connectivity index (χ0) is 18.2. The molecule has 0 bridgehead atoms. The van der Waals surface area contributed by atoms with Gasteiger partial charge < -0.3 is 0 Å². The van der Waals surface area contributed by atoms with Gasteiger partial charge in [0.25, 0.3) is 0 Å². The van der Waals surface area contributed by atoms with E-state index in [1.807, 2.05) is 66.7 Å². The SMILES string of the molecule is FC(F)(F)c1cccc(C2(c3ccccc3)C=Cc3ccccc3C2)c1. The molecule has 0 spiro atoms. The van der Waals surface area contributed by atoms with Crippen molar-refractivity contribution in [3.05, 3.63) is 113 Å². The van der Waals surface area contributed by atoms with Gasteiger partial charge in [-0.2, -0.15) is 13.2 Å². The molecule has 0 N–H and O–H groups in total. The van der Waals surface area contributed by atoms with Crippen LogP contribution in [0.4, 0.5) is 13.2 Å². The standard InChI is InChI=1S/C23H17F3/c24-23(25,26)21-12-6-11-20(15-21)22(19-9-2-1-3-10-19)14-13-17-7-4-5-8-18(17)16-22/h1-15H,16H2. The third-order valence-electron chi connectivity index (χ3n) is 5.07. The molecule has 1 unspecified atom stereocenters. The molecule has 1 aliphatic carbocycles. The molecule has 4 rings (SSSR count). The zero-order valence-corrected chi connectivity index (χ0v) is 14.0. The van der Waals surface area contributed by atoms with E-state index in [4.69, 9.17) is 0 Å². The maximum absolute atomic E-state index is 13.3. The number of alkyl halides is 3. The molecule has 0 amide bonds. The van der Waals surface area contributed by atoms with Crippen LogP contribution in [0.3, 0.4) is 0 Å². The largest absolute Gasteiger partial charge is 0.416 e. The second-order valence-electron chi connectivity index (χ2n) is 6.62. The second kappa shape index (κ2) is 6.17. The van der Waals surface area contributed by atoms with Gasteiger partial charge in [-0.15, -0.1) is 0 Å². The minimum absolute atomic E-state index is 0.613. The Bertz CT molecular complexity index is 954. The number of hydrogen-bond donors (Lipinski definition) is 0. The van der Waals surface area contributed by atoms with Crippen LogP contribution in [0.25, 0.3) is 6.08 Å². The van der Waals surface area contributed by atoms with Crippen LogP contribution in [0, 0.1) is 0 Å². The van der Waals surface area contributed by atoms with Crippen LogP contribution >= 0.6 is 0 Å². The Labute approximate surface area is 150 Å². The Morgan fingerprint density at radius 2 is 1.42 bits per heavy atom. The average molecular weight is 350 g/mol. The van der Waals surface area contributed by atoms with Crippen LogP contribution in [-0.2, 0) is 18.0 Å². The van der Waals surface area contributed by atoms with Crippen molar-refractivity contribution < 1.29 is 13.2 Å². The molecular formula is C23H17F3. The van der Waals surface area contributed by atoms with Gasteiger partial charge in [0.15, 0.2) is 0 Å². The van der Waals surface area contributed by atoms with Gasteiger partial charge in [0.2, 0.25) is 0 Å². The Kier molecular flexibility index (Phi) is 3.95. The van der Waals surface area contributed by atoms with Crippen LogP contribution in [0.2, 0.25) is 0 Å². The Hall–Kier alpha value is -2.81. The smallest absolute Gasteiger partial charge is 0.166 e. The summed E-state index contributed by atoms with van der Waals surface area (Å²) in [5.41, 5.74) is 2.67. The summed E-state index contributed by atoms with van der Waals surface area (Å²) in [7, 11) is 0. The van der Waals surface area contributed by atoms with Crippen molar-refractivity contribution >= 4 is 6.08 Å². The van der Waals surface area contributed by atoms with Gasteiger partial charge in [-0.3, -0.25) is 0 Å². The van der Waals surface area contributed by atoms with E-state index < -0.39 is 17.2 Å². The summed E-state index contributed by atoms with van der Waals surface area (Å²) < 4.78 is 39.8. The molecule has 1 atom stereocenters. The van der Waals surface area contributed by atoms with Gasteiger partial charge in [-0.25, -0.2) is 0 Å². The van der Waals surface area contributed by atoms with E-state index in [-0.39, 0.29) is 0 Å². The summed E-state index contributed by atoms with van der Waals surface area (Å²) in [5.74, 6) is 0. The fourth-order valence-electron chi connectivity index (χ4n) is 3.72. The lowest BCUT2D eigenvalue weighted by molar-refractivity contribution is -0.137. The van der Waals surface area contributed by atoms with E-state index >= 15 is 0 Å². The monoisotopic (exact) mass is 350 g/mol. The summed E-state index contributed by atoms with van der Waals surface area (Å²) in [6.07, 6.45) is 0.335. The van der Waals surface area contributed by atoms with Crippen molar-refractivity contribution in [3.8, 4) is 0 Å². The first-order valence-corrected chi connectivity index (χ1v) is 8.49. The molecule has 0 saturated heterocycles. The van der Waals surface area contributed by atoms with E-state index in [0.717, 1.165) is 22.8 Å². The molecule has 26 heavy (non-hydrogen) atoms. The molecule has 0 aliphatic heterocycles. The van der Waals surface area contributed by atoms with Crippen molar-refractivity contribution in [3.63, 3.8) is 0 Å². The van der Waals surface area contributed by atoms with E-state index in [1.165, 1.54) is 12.1 Å². The van der Waals surface area contributed by atoms with E-state index in [2.05, 4.69) is 0 Å². The first-order valence-electron chi connectivity index (χ1n) is 8.49. The molecule has 0 nitrogen and oxygen atoms in total. The molecule has 0 heterocycles. The van der Waals surface area contributed by atoms with Gasteiger partial charge >= 0.3 is 6.18 Å². The fraction of sp³-hybridized carbons (Fsp3) is 0.130. The number of hydrogen-bond acceptors (Lipinski definition) is 0. The highest BCUT2D eigenvalue weighted by Gasteiger charge is 2.37. The average Bonchev–Trinajstić information content (AvgIpc) is 2.68. The highest BCUT2D eigenvalue weighted by atomic mass is 19.4. The summed E-state index contributed by atoms with van der Waals surface area (Å²) in [6.45, 7) is 0. The first kappa shape index (κ1) is 16.6. The summed E-state index contributed by atoms with van der Waals surface area (Å²) in [5, 5.41) is 0. The lowest BCUT2D eigenvalue weighted by atomic mass is 9.67. The van der Waals surface area contributed by atoms with Crippen molar-refractivity contribution in [1.29, 1.82) is 0 Å². The van der Waals surface area contributed by atoms with Gasteiger partial charge in [0.1, 0.15) is 0 Å². The van der Waals surface area contributed by atoms with Crippen molar-refractivity contribution in [1.82, 2.24) is 0 Å². The normalized spacial score (nSPS) is 19.2.